The van der Waals surface area contributed by atoms with Crippen LogP contribution in [0.25, 0.3) is 5.69 Å². The van der Waals surface area contributed by atoms with Gasteiger partial charge in [-0.3, -0.25) is 4.79 Å². The van der Waals surface area contributed by atoms with Crippen molar-refractivity contribution in [3.63, 3.8) is 0 Å². The van der Waals surface area contributed by atoms with Crippen LogP contribution in [0.5, 0.6) is 0 Å². The summed E-state index contributed by atoms with van der Waals surface area (Å²) in [5.41, 5.74) is 3.49. The lowest BCUT2D eigenvalue weighted by atomic mass is 10.2. The Bertz CT molecular complexity index is 904. The number of aryl methyl sites for hydroxylation is 1. The maximum absolute atomic E-state index is 12.5. The first-order chi connectivity index (χ1) is 11.5. The summed E-state index contributed by atoms with van der Waals surface area (Å²) in [5.74, 6) is -0.318. The zero-order valence-electron chi connectivity index (χ0n) is 13.2. The molecule has 4 nitrogen and oxygen atoms in total. The van der Waals surface area contributed by atoms with Gasteiger partial charge in [-0.05, 0) is 38.1 Å². The molecule has 122 valence electrons. The molecule has 0 unspecified atom stereocenters. The Balaban J connectivity index is 1.95. The molecule has 6 heteroatoms. The smallest absolute Gasteiger partial charge is 0.257 e. The summed E-state index contributed by atoms with van der Waals surface area (Å²) in [6, 6.07) is 14.7. The molecule has 1 N–H and O–H groups in total. The monoisotopic (exact) mass is 359 g/mol. The minimum Gasteiger partial charge on any atom is -0.319 e. The Labute approximate surface area is 150 Å². The van der Waals surface area contributed by atoms with Gasteiger partial charge in [-0.1, -0.05) is 47.5 Å². The predicted octanol–water partition coefficient (Wildman–Crippen LogP) is 5.05. The highest BCUT2D eigenvalue weighted by molar-refractivity contribution is 6.44. The zero-order chi connectivity index (χ0) is 17.3. The van der Waals surface area contributed by atoms with Crippen molar-refractivity contribution >= 4 is 34.8 Å². The summed E-state index contributed by atoms with van der Waals surface area (Å²) in [5, 5.41) is 7.98. The fourth-order valence-electron chi connectivity index (χ4n) is 2.50. The highest BCUT2D eigenvalue weighted by Gasteiger charge is 2.18. The Hall–Kier alpha value is -2.30. The summed E-state index contributed by atoms with van der Waals surface area (Å²) >= 11 is 12.1. The van der Waals surface area contributed by atoms with E-state index >= 15 is 0 Å². The van der Waals surface area contributed by atoms with Crippen molar-refractivity contribution in [3.05, 3.63) is 75.5 Å². The van der Waals surface area contributed by atoms with Crippen LogP contribution >= 0.6 is 23.2 Å². The van der Waals surface area contributed by atoms with Gasteiger partial charge in [0.1, 0.15) is 0 Å². The molecule has 0 bridgehead atoms. The number of benzene rings is 2. The number of carbonyl (C=O) groups is 1. The molecule has 0 aliphatic carbocycles. The number of para-hydroxylation sites is 1. The van der Waals surface area contributed by atoms with Crippen molar-refractivity contribution in [3.8, 4) is 5.69 Å². The minimum atomic E-state index is -0.318. The van der Waals surface area contributed by atoms with E-state index in [9.17, 15) is 4.79 Å². The maximum Gasteiger partial charge on any atom is 0.257 e. The van der Waals surface area contributed by atoms with E-state index < -0.39 is 0 Å². The molecule has 0 saturated heterocycles. The first-order valence-electron chi connectivity index (χ1n) is 7.36. The largest absolute Gasteiger partial charge is 0.319 e. The van der Waals surface area contributed by atoms with Crippen LogP contribution in [0.2, 0.25) is 10.0 Å². The summed E-state index contributed by atoms with van der Waals surface area (Å²) in [7, 11) is 0. The summed E-state index contributed by atoms with van der Waals surface area (Å²) in [6.07, 6.45) is 0. The van der Waals surface area contributed by atoms with Gasteiger partial charge >= 0.3 is 0 Å². The molecule has 1 aromatic heterocycles. The molecule has 0 aliphatic heterocycles. The van der Waals surface area contributed by atoms with Gasteiger partial charge in [-0.15, -0.1) is 0 Å². The van der Waals surface area contributed by atoms with Crippen molar-refractivity contribution in [2.75, 3.05) is 5.32 Å². The van der Waals surface area contributed by atoms with E-state index in [-0.39, 0.29) is 10.9 Å². The standard InChI is InChI=1S/C18H15Cl2N3O/c1-11-17(12(2)23(22-11)13-7-4-3-5-8-13)21-18(24)14-9-6-10-15(19)16(14)20/h3-10H,1-2H3,(H,21,24). The fourth-order valence-corrected chi connectivity index (χ4v) is 2.89. The van der Waals surface area contributed by atoms with E-state index in [2.05, 4.69) is 10.4 Å². The van der Waals surface area contributed by atoms with Crippen LogP contribution in [-0.4, -0.2) is 15.7 Å². The van der Waals surface area contributed by atoms with E-state index in [0.717, 1.165) is 17.1 Å². The molecular weight excluding hydrogens is 345 g/mol. The molecular formula is C18H15Cl2N3O. The molecule has 3 aromatic rings. The van der Waals surface area contributed by atoms with Gasteiger partial charge in [-0.2, -0.15) is 5.10 Å². The molecule has 1 amide bonds. The van der Waals surface area contributed by atoms with E-state index in [1.165, 1.54) is 0 Å². The molecule has 24 heavy (non-hydrogen) atoms. The number of nitrogens with one attached hydrogen (secondary N) is 1. The number of anilines is 1. The van der Waals surface area contributed by atoms with Crippen LogP contribution in [0.15, 0.2) is 48.5 Å². The Kier molecular flexibility index (Phi) is 4.60. The van der Waals surface area contributed by atoms with Crippen molar-refractivity contribution in [2.45, 2.75) is 13.8 Å². The number of hydrogen-bond donors (Lipinski definition) is 1. The number of amides is 1. The summed E-state index contributed by atoms with van der Waals surface area (Å²) < 4.78 is 1.80. The normalized spacial score (nSPS) is 10.7. The van der Waals surface area contributed by atoms with E-state index in [1.54, 1.807) is 22.9 Å². The molecule has 0 radical (unpaired) electrons. The third-order valence-corrected chi connectivity index (χ3v) is 4.55. The van der Waals surface area contributed by atoms with E-state index in [4.69, 9.17) is 23.2 Å². The third-order valence-electron chi connectivity index (χ3n) is 3.73. The van der Waals surface area contributed by atoms with Gasteiger partial charge in [0, 0.05) is 0 Å². The Morgan fingerprint density at radius 2 is 1.75 bits per heavy atom. The van der Waals surface area contributed by atoms with Crippen LogP contribution in [-0.2, 0) is 0 Å². The van der Waals surface area contributed by atoms with Crippen molar-refractivity contribution in [2.24, 2.45) is 0 Å². The number of halogens is 2. The molecule has 2 aromatic carbocycles. The summed E-state index contributed by atoms with van der Waals surface area (Å²) in [6.45, 7) is 3.75. The molecule has 1 heterocycles. The quantitative estimate of drug-likeness (QED) is 0.711. The van der Waals surface area contributed by atoms with Crippen LogP contribution < -0.4 is 5.32 Å². The van der Waals surface area contributed by atoms with Crippen LogP contribution in [0, 0.1) is 13.8 Å². The van der Waals surface area contributed by atoms with E-state index in [0.29, 0.717) is 16.3 Å². The Morgan fingerprint density at radius 3 is 2.46 bits per heavy atom. The molecule has 0 saturated carbocycles. The van der Waals surface area contributed by atoms with Gasteiger partial charge in [-0.25, -0.2) is 4.68 Å². The first-order valence-corrected chi connectivity index (χ1v) is 8.11. The van der Waals surface area contributed by atoms with Crippen molar-refractivity contribution in [1.29, 1.82) is 0 Å². The van der Waals surface area contributed by atoms with Crippen molar-refractivity contribution in [1.82, 2.24) is 9.78 Å². The number of rotatable bonds is 3. The molecule has 3 rings (SSSR count). The second kappa shape index (κ2) is 6.67. The maximum atomic E-state index is 12.5. The van der Waals surface area contributed by atoms with Crippen LogP contribution in [0.4, 0.5) is 5.69 Å². The fraction of sp³-hybridized carbons (Fsp3) is 0.111. The third kappa shape index (κ3) is 3.03. The lowest BCUT2D eigenvalue weighted by Crippen LogP contribution is -2.14. The lowest BCUT2D eigenvalue weighted by molar-refractivity contribution is 0.102. The Morgan fingerprint density at radius 1 is 1.04 bits per heavy atom. The number of aromatic nitrogens is 2. The highest BCUT2D eigenvalue weighted by Crippen LogP contribution is 2.28. The second-order valence-corrected chi connectivity index (χ2v) is 6.13. The minimum absolute atomic E-state index is 0.238. The molecule has 0 fully saturated rings. The lowest BCUT2D eigenvalue weighted by Gasteiger charge is -2.09. The number of carbonyl (C=O) groups excluding carboxylic acids is 1. The topological polar surface area (TPSA) is 46.9 Å². The first kappa shape index (κ1) is 16.6. The predicted molar refractivity (Wildman–Crippen MR) is 97.5 cm³/mol. The van der Waals surface area contributed by atoms with Crippen LogP contribution in [0.1, 0.15) is 21.7 Å². The number of nitrogens with zero attached hydrogens (tertiary/aromatic N) is 2. The van der Waals surface area contributed by atoms with Crippen molar-refractivity contribution < 1.29 is 4.79 Å². The van der Waals surface area contributed by atoms with Gasteiger partial charge in [0.15, 0.2) is 0 Å². The number of hydrogen-bond acceptors (Lipinski definition) is 2. The zero-order valence-corrected chi connectivity index (χ0v) is 14.7. The van der Waals surface area contributed by atoms with Gasteiger partial charge in [0.25, 0.3) is 5.91 Å². The summed E-state index contributed by atoms with van der Waals surface area (Å²) in [4.78, 5) is 12.5. The van der Waals surface area contributed by atoms with Gasteiger partial charge < -0.3 is 5.32 Å². The molecule has 0 atom stereocenters. The second-order valence-electron chi connectivity index (χ2n) is 5.35. The molecule has 0 spiro atoms. The highest BCUT2D eigenvalue weighted by atomic mass is 35.5. The average Bonchev–Trinajstić information content (AvgIpc) is 2.86. The van der Waals surface area contributed by atoms with E-state index in [1.807, 2.05) is 44.2 Å². The van der Waals surface area contributed by atoms with Gasteiger partial charge in [0.05, 0.1) is 38.4 Å². The average molecular weight is 360 g/mol. The SMILES string of the molecule is Cc1nn(-c2ccccc2)c(C)c1NC(=O)c1cccc(Cl)c1Cl. The molecule has 0 aliphatic rings. The van der Waals surface area contributed by atoms with Gasteiger partial charge in [0.2, 0.25) is 0 Å². The van der Waals surface area contributed by atoms with Crippen LogP contribution in [0.3, 0.4) is 0 Å².